The van der Waals surface area contributed by atoms with Gasteiger partial charge in [0.05, 0.1) is 12.7 Å². The number of aromatic hydroxyl groups is 1. The highest BCUT2D eigenvalue weighted by Crippen LogP contribution is 2.34. The molecule has 1 heterocycles. The summed E-state index contributed by atoms with van der Waals surface area (Å²) in [6.07, 6.45) is 1.58. The summed E-state index contributed by atoms with van der Waals surface area (Å²) < 4.78 is 15.5. The van der Waals surface area contributed by atoms with Crippen LogP contribution in [0.3, 0.4) is 0 Å². The van der Waals surface area contributed by atoms with Gasteiger partial charge in [-0.05, 0) is 24.3 Å². The number of para-hydroxylation sites is 1. The smallest absolute Gasteiger partial charge is 0.337 e. The lowest BCUT2D eigenvalue weighted by atomic mass is 10.1. The van der Waals surface area contributed by atoms with E-state index in [2.05, 4.69) is 0 Å². The predicted octanol–water partition coefficient (Wildman–Crippen LogP) is 2.60. The molecule has 0 saturated carbocycles. The molecule has 0 spiro atoms. The topological polar surface area (TPSA) is 82.1 Å². The van der Waals surface area contributed by atoms with Crippen molar-refractivity contribution in [2.45, 2.75) is 0 Å². The first-order valence-corrected chi connectivity index (χ1v) is 7.58. The molecule has 1 N–H and O–H groups in total. The number of phenolic OH excluding ortho intramolecular Hbond substituents is 1. The van der Waals surface area contributed by atoms with Crippen LogP contribution in [0.2, 0.25) is 0 Å². The van der Waals surface area contributed by atoms with E-state index in [1.54, 1.807) is 42.5 Å². The molecule has 128 valence electrons. The van der Waals surface area contributed by atoms with E-state index in [4.69, 9.17) is 14.2 Å². The second kappa shape index (κ2) is 7.09. The van der Waals surface area contributed by atoms with Gasteiger partial charge in [-0.2, -0.15) is 0 Å². The second-order valence-corrected chi connectivity index (χ2v) is 5.39. The molecule has 0 saturated heterocycles. The first-order chi connectivity index (χ1) is 12.1. The van der Waals surface area contributed by atoms with E-state index in [0.717, 1.165) is 0 Å². The lowest BCUT2D eigenvalue weighted by Gasteiger charge is -2.17. The van der Waals surface area contributed by atoms with Gasteiger partial charge in [-0.3, -0.25) is 4.79 Å². The molecule has 0 unspecified atom stereocenters. The van der Waals surface area contributed by atoms with Gasteiger partial charge in [0.15, 0.2) is 23.9 Å². The van der Waals surface area contributed by atoms with Crippen LogP contribution >= 0.6 is 0 Å². The van der Waals surface area contributed by atoms with E-state index in [1.807, 2.05) is 0 Å². The van der Waals surface area contributed by atoms with Crippen molar-refractivity contribution in [2.24, 2.45) is 0 Å². The number of methoxy groups -OCH3 is 1. The molecule has 0 aliphatic carbocycles. The quantitative estimate of drug-likeness (QED) is 0.665. The number of carbonyl (C=O) groups excluding carboxylic acids is 2. The average Bonchev–Trinajstić information content (AvgIpc) is 2.65. The molecule has 2 aromatic rings. The number of ether oxygens (including phenoxy) is 3. The fourth-order valence-corrected chi connectivity index (χ4v) is 2.41. The zero-order valence-electron chi connectivity index (χ0n) is 13.5. The molecular weight excluding hydrogens is 324 g/mol. The van der Waals surface area contributed by atoms with E-state index < -0.39 is 5.97 Å². The molecule has 6 heteroatoms. The minimum atomic E-state index is -0.634. The zero-order valence-corrected chi connectivity index (χ0v) is 13.5. The Morgan fingerprint density at radius 2 is 2.00 bits per heavy atom. The Bertz CT molecular complexity index is 853. The second-order valence-electron chi connectivity index (χ2n) is 5.39. The van der Waals surface area contributed by atoms with Crippen molar-refractivity contribution in [3.8, 4) is 17.2 Å². The van der Waals surface area contributed by atoms with Crippen LogP contribution in [0.15, 0.2) is 48.0 Å². The van der Waals surface area contributed by atoms with Crippen molar-refractivity contribution in [3.63, 3.8) is 0 Å². The van der Waals surface area contributed by atoms with E-state index in [-0.39, 0.29) is 30.3 Å². The molecule has 0 atom stereocenters. The summed E-state index contributed by atoms with van der Waals surface area (Å²) in [5.74, 6) is -0.0780. The number of hydrogen-bond donors (Lipinski definition) is 1. The molecule has 1 aliphatic heterocycles. The number of hydrogen-bond acceptors (Lipinski definition) is 6. The summed E-state index contributed by atoms with van der Waals surface area (Å²) in [7, 11) is 1.51. The fourth-order valence-electron chi connectivity index (χ4n) is 2.41. The summed E-state index contributed by atoms with van der Waals surface area (Å²) in [5, 5.41) is 9.70. The van der Waals surface area contributed by atoms with Gasteiger partial charge >= 0.3 is 5.97 Å². The Morgan fingerprint density at radius 1 is 1.20 bits per heavy atom. The number of benzene rings is 2. The Labute approximate surface area is 144 Å². The molecule has 0 aromatic heterocycles. The summed E-state index contributed by atoms with van der Waals surface area (Å²) in [5.41, 5.74) is 1.25. The van der Waals surface area contributed by atoms with Crippen molar-refractivity contribution >= 4 is 17.8 Å². The van der Waals surface area contributed by atoms with Crippen LogP contribution in [0.4, 0.5) is 0 Å². The van der Waals surface area contributed by atoms with Crippen LogP contribution in [0, 0.1) is 0 Å². The maximum absolute atomic E-state index is 12.1. The number of ketones is 1. The summed E-state index contributed by atoms with van der Waals surface area (Å²) in [6, 6.07) is 11.5. The maximum Gasteiger partial charge on any atom is 0.337 e. The lowest BCUT2D eigenvalue weighted by molar-refractivity contribution is -0.138. The van der Waals surface area contributed by atoms with Gasteiger partial charge in [0, 0.05) is 11.1 Å². The van der Waals surface area contributed by atoms with Crippen LogP contribution in [0.25, 0.3) is 6.08 Å². The van der Waals surface area contributed by atoms with E-state index in [1.165, 1.54) is 13.2 Å². The predicted molar refractivity (Wildman–Crippen MR) is 89.9 cm³/mol. The van der Waals surface area contributed by atoms with Crippen molar-refractivity contribution in [2.75, 3.05) is 20.3 Å². The molecular formula is C19H16O6. The molecule has 25 heavy (non-hydrogen) atoms. The third kappa shape index (κ3) is 3.63. The van der Waals surface area contributed by atoms with Gasteiger partial charge in [0.1, 0.15) is 12.4 Å². The van der Waals surface area contributed by atoms with E-state index in [0.29, 0.717) is 22.6 Å². The van der Waals surface area contributed by atoms with Gasteiger partial charge in [-0.1, -0.05) is 24.3 Å². The molecule has 1 aliphatic rings. The van der Waals surface area contributed by atoms with Crippen LogP contribution in [0.5, 0.6) is 17.2 Å². The summed E-state index contributed by atoms with van der Waals surface area (Å²) in [4.78, 5) is 24.3. The molecule has 0 bridgehead atoms. The van der Waals surface area contributed by atoms with Crippen LogP contribution in [-0.4, -0.2) is 37.2 Å². The first kappa shape index (κ1) is 16.6. The molecule has 0 radical (unpaired) electrons. The van der Waals surface area contributed by atoms with Gasteiger partial charge in [-0.25, -0.2) is 4.79 Å². The third-order valence-corrected chi connectivity index (χ3v) is 3.71. The Kier molecular flexibility index (Phi) is 4.70. The Balaban J connectivity index is 1.66. The minimum Gasteiger partial charge on any atom is -0.504 e. The minimum absolute atomic E-state index is 0.00868. The molecule has 0 amide bonds. The number of carbonyl (C=O) groups is 2. The maximum atomic E-state index is 12.1. The van der Waals surface area contributed by atoms with Crippen molar-refractivity contribution in [1.29, 1.82) is 0 Å². The number of phenols is 1. The fraction of sp³-hybridized carbons (Fsp3) is 0.158. The summed E-state index contributed by atoms with van der Waals surface area (Å²) >= 11 is 0. The van der Waals surface area contributed by atoms with Crippen molar-refractivity contribution in [3.05, 3.63) is 59.2 Å². The molecule has 2 aromatic carbocycles. The number of fused-ring (bicyclic) bond motifs is 1. The normalized spacial score (nSPS) is 12.4. The van der Waals surface area contributed by atoms with Gasteiger partial charge in [0.2, 0.25) is 0 Å². The van der Waals surface area contributed by atoms with Crippen molar-refractivity contribution in [1.82, 2.24) is 0 Å². The zero-order chi connectivity index (χ0) is 17.8. The average molecular weight is 340 g/mol. The molecule has 0 fully saturated rings. The monoisotopic (exact) mass is 340 g/mol. The van der Waals surface area contributed by atoms with Gasteiger partial charge in [-0.15, -0.1) is 0 Å². The highest BCUT2D eigenvalue weighted by Gasteiger charge is 2.21. The Hall–Kier alpha value is -3.28. The van der Waals surface area contributed by atoms with Crippen LogP contribution in [-0.2, 0) is 9.53 Å². The number of Topliss-reactive ketones (excluding diaryl/α,β-unsaturated/α-hetero) is 1. The Morgan fingerprint density at radius 3 is 2.80 bits per heavy atom. The van der Waals surface area contributed by atoms with E-state index >= 15 is 0 Å². The standard InChI is InChI=1S/C19H16O6/c1-23-15-6-2-4-12(9-15)17(21)11-25-19(22)14-8-13-5-3-7-16(20)18(13)24-10-14/h2-9,20H,10-11H2,1H3. The highest BCUT2D eigenvalue weighted by atomic mass is 16.5. The van der Waals surface area contributed by atoms with Gasteiger partial charge in [0.25, 0.3) is 0 Å². The largest absolute Gasteiger partial charge is 0.504 e. The molecule has 3 rings (SSSR count). The number of esters is 1. The summed E-state index contributed by atoms with van der Waals surface area (Å²) in [6.45, 7) is -0.410. The SMILES string of the molecule is COc1cccc(C(=O)COC(=O)C2=Cc3cccc(O)c3OC2)c1. The van der Waals surface area contributed by atoms with Crippen molar-refractivity contribution < 1.29 is 28.9 Å². The van der Waals surface area contributed by atoms with Gasteiger partial charge < -0.3 is 19.3 Å². The molecule has 6 nitrogen and oxygen atoms in total. The number of rotatable bonds is 5. The lowest BCUT2D eigenvalue weighted by Crippen LogP contribution is -2.20. The first-order valence-electron chi connectivity index (χ1n) is 7.58. The van der Waals surface area contributed by atoms with E-state index in [9.17, 15) is 14.7 Å². The highest BCUT2D eigenvalue weighted by molar-refractivity contribution is 6.01. The van der Waals surface area contributed by atoms with Crippen LogP contribution in [0.1, 0.15) is 15.9 Å². The third-order valence-electron chi connectivity index (χ3n) is 3.71. The van der Waals surface area contributed by atoms with Crippen LogP contribution < -0.4 is 9.47 Å².